The van der Waals surface area contributed by atoms with Gasteiger partial charge in [-0.15, -0.1) is 0 Å². The van der Waals surface area contributed by atoms with Gasteiger partial charge < -0.3 is 14.3 Å². The smallest absolute Gasteiger partial charge is 0.336 e. The summed E-state index contributed by atoms with van der Waals surface area (Å²) < 4.78 is 11.0. The molecule has 0 bridgehead atoms. The number of aromatic hydroxyl groups is 1. The summed E-state index contributed by atoms with van der Waals surface area (Å²) in [5.41, 5.74) is 1.85. The molecule has 2 heterocycles. The zero-order chi connectivity index (χ0) is 16.6. The van der Waals surface area contributed by atoms with Gasteiger partial charge in [0, 0.05) is 37.2 Å². The fourth-order valence-corrected chi connectivity index (χ4v) is 3.38. The van der Waals surface area contributed by atoms with Gasteiger partial charge in [0.15, 0.2) is 0 Å². The fourth-order valence-electron chi connectivity index (χ4n) is 3.38. The molecule has 0 saturated carbocycles. The summed E-state index contributed by atoms with van der Waals surface area (Å²) in [4.78, 5) is 14.1. The van der Waals surface area contributed by atoms with Crippen LogP contribution in [0.2, 0.25) is 0 Å². The predicted molar refractivity (Wildman–Crippen MR) is 88.8 cm³/mol. The SMILES string of the molecule is CCc1cc2c(CN3CC(C)OC(C)C3)cc(=O)oc2cc1O. The molecule has 1 fully saturated rings. The predicted octanol–water partition coefficient (Wildman–Crippen LogP) is 2.67. The first-order chi connectivity index (χ1) is 11.0. The van der Waals surface area contributed by atoms with Crippen molar-refractivity contribution in [3.05, 3.63) is 39.7 Å². The van der Waals surface area contributed by atoms with Gasteiger partial charge >= 0.3 is 5.63 Å². The fraction of sp³-hybridized carbons (Fsp3) is 0.500. The molecule has 0 radical (unpaired) electrons. The van der Waals surface area contributed by atoms with E-state index in [1.807, 2.05) is 13.0 Å². The first kappa shape index (κ1) is 16.0. The van der Waals surface area contributed by atoms with Crippen LogP contribution in [-0.4, -0.2) is 35.3 Å². The van der Waals surface area contributed by atoms with Crippen molar-refractivity contribution >= 4 is 11.0 Å². The zero-order valence-electron chi connectivity index (χ0n) is 13.8. The highest BCUT2D eigenvalue weighted by Crippen LogP contribution is 2.28. The Morgan fingerprint density at radius 2 is 1.87 bits per heavy atom. The minimum atomic E-state index is -0.384. The Balaban J connectivity index is 2.00. The summed E-state index contributed by atoms with van der Waals surface area (Å²) in [6.45, 7) is 8.47. The summed E-state index contributed by atoms with van der Waals surface area (Å²) in [6, 6.07) is 5.03. The third-order valence-corrected chi connectivity index (χ3v) is 4.30. The van der Waals surface area contributed by atoms with E-state index in [-0.39, 0.29) is 23.6 Å². The van der Waals surface area contributed by atoms with E-state index in [1.165, 1.54) is 0 Å². The lowest BCUT2D eigenvalue weighted by Gasteiger charge is -2.35. The molecule has 0 spiro atoms. The molecule has 2 aromatic rings. The summed E-state index contributed by atoms with van der Waals surface area (Å²) in [5, 5.41) is 10.9. The third kappa shape index (κ3) is 3.41. The minimum absolute atomic E-state index is 0.175. The number of nitrogens with zero attached hydrogens (tertiary/aromatic N) is 1. The Bertz CT molecular complexity index is 757. The molecular formula is C18H23NO4. The van der Waals surface area contributed by atoms with Crippen LogP contribution in [0, 0.1) is 0 Å². The van der Waals surface area contributed by atoms with Gasteiger partial charge in [0.2, 0.25) is 0 Å². The average Bonchev–Trinajstić information content (AvgIpc) is 2.45. The Morgan fingerprint density at radius 3 is 2.52 bits per heavy atom. The molecule has 1 saturated heterocycles. The molecule has 0 aliphatic carbocycles. The molecule has 1 aliphatic rings. The van der Waals surface area contributed by atoms with E-state index in [0.717, 1.165) is 36.0 Å². The maximum Gasteiger partial charge on any atom is 0.336 e. The van der Waals surface area contributed by atoms with Gasteiger partial charge in [-0.3, -0.25) is 4.90 Å². The van der Waals surface area contributed by atoms with Gasteiger partial charge in [-0.05, 0) is 37.5 Å². The molecule has 1 N–H and O–H groups in total. The van der Waals surface area contributed by atoms with Crippen molar-refractivity contribution in [1.82, 2.24) is 4.90 Å². The van der Waals surface area contributed by atoms with Gasteiger partial charge in [-0.1, -0.05) is 6.92 Å². The van der Waals surface area contributed by atoms with Crippen molar-refractivity contribution in [1.29, 1.82) is 0 Å². The quantitative estimate of drug-likeness (QED) is 0.882. The number of fused-ring (bicyclic) bond motifs is 1. The van der Waals surface area contributed by atoms with Crippen molar-refractivity contribution in [3.8, 4) is 5.75 Å². The van der Waals surface area contributed by atoms with Crippen molar-refractivity contribution in [2.75, 3.05) is 13.1 Å². The molecule has 124 valence electrons. The molecule has 1 aromatic carbocycles. The standard InChI is InChI=1S/C18H23NO4/c1-4-13-5-15-14(6-18(21)23-17(15)7-16(13)20)10-19-8-11(2)22-12(3)9-19/h5-7,11-12,20H,4,8-10H2,1-3H3. The molecule has 1 aromatic heterocycles. The number of hydrogen-bond acceptors (Lipinski definition) is 5. The van der Waals surface area contributed by atoms with Gasteiger partial charge in [0.25, 0.3) is 0 Å². The largest absolute Gasteiger partial charge is 0.508 e. The summed E-state index contributed by atoms with van der Waals surface area (Å²) in [7, 11) is 0. The second kappa shape index (κ2) is 6.34. The normalized spacial score (nSPS) is 22.6. The second-order valence-electron chi connectivity index (χ2n) is 6.37. The van der Waals surface area contributed by atoms with Crippen molar-refractivity contribution in [2.24, 2.45) is 0 Å². The number of ether oxygens (including phenoxy) is 1. The van der Waals surface area contributed by atoms with Crippen LogP contribution >= 0.6 is 0 Å². The van der Waals surface area contributed by atoms with E-state index >= 15 is 0 Å². The molecule has 0 amide bonds. The number of aryl methyl sites for hydroxylation is 1. The maximum atomic E-state index is 11.8. The van der Waals surface area contributed by atoms with Crippen molar-refractivity contribution in [3.63, 3.8) is 0 Å². The number of benzene rings is 1. The van der Waals surface area contributed by atoms with E-state index in [2.05, 4.69) is 18.7 Å². The molecule has 23 heavy (non-hydrogen) atoms. The lowest BCUT2D eigenvalue weighted by Crippen LogP contribution is -2.44. The van der Waals surface area contributed by atoms with E-state index < -0.39 is 0 Å². The second-order valence-corrected chi connectivity index (χ2v) is 6.37. The van der Waals surface area contributed by atoms with Crippen LogP contribution in [0.4, 0.5) is 0 Å². The van der Waals surface area contributed by atoms with Crippen LogP contribution in [0.3, 0.4) is 0 Å². The van der Waals surface area contributed by atoms with Gasteiger partial charge in [-0.2, -0.15) is 0 Å². The zero-order valence-corrected chi connectivity index (χ0v) is 13.8. The molecular weight excluding hydrogens is 294 g/mol. The minimum Gasteiger partial charge on any atom is -0.508 e. The molecule has 5 nitrogen and oxygen atoms in total. The average molecular weight is 317 g/mol. The molecule has 1 aliphatic heterocycles. The maximum absolute atomic E-state index is 11.8. The summed E-state index contributed by atoms with van der Waals surface area (Å²) in [5.74, 6) is 0.175. The van der Waals surface area contributed by atoms with Crippen LogP contribution in [-0.2, 0) is 17.7 Å². The van der Waals surface area contributed by atoms with E-state index in [4.69, 9.17) is 9.15 Å². The van der Waals surface area contributed by atoms with E-state index in [9.17, 15) is 9.90 Å². The highest BCUT2D eigenvalue weighted by atomic mass is 16.5. The van der Waals surface area contributed by atoms with Gasteiger partial charge in [0.05, 0.1) is 12.2 Å². The molecule has 2 atom stereocenters. The Hall–Kier alpha value is -1.85. The Kier molecular flexibility index (Phi) is 4.41. The molecule has 5 heteroatoms. The first-order valence-electron chi connectivity index (χ1n) is 8.12. The number of morpholine rings is 1. The topological polar surface area (TPSA) is 62.9 Å². The van der Waals surface area contributed by atoms with E-state index in [1.54, 1.807) is 12.1 Å². The number of hydrogen-bond donors (Lipinski definition) is 1. The van der Waals surface area contributed by atoms with Crippen molar-refractivity contribution < 1.29 is 14.3 Å². The van der Waals surface area contributed by atoms with Crippen molar-refractivity contribution in [2.45, 2.75) is 45.9 Å². The monoisotopic (exact) mass is 317 g/mol. The molecule has 2 unspecified atom stereocenters. The number of rotatable bonds is 3. The van der Waals surface area contributed by atoms with Crippen LogP contribution in [0.25, 0.3) is 11.0 Å². The highest BCUT2D eigenvalue weighted by molar-refractivity contribution is 5.82. The van der Waals surface area contributed by atoms with Crippen LogP contribution in [0.15, 0.2) is 27.4 Å². The summed E-state index contributed by atoms with van der Waals surface area (Å²) >= 11 is 0. The van der Waals surface area contributed by atoms with Crippen LogP contribution < -0.4 is 5.63 Å². The van der Waals surface area contributed by atoms with Crippen LogP contribution in [0.5, 0.6) is 5.75 Å². The summed E-state index contributed by atoms with van der Waals surface area (Å²) in [6.07, 6.45) is 1.09. The van der Waals surface area contributed by atoms with E-state index in [0.29, 0.717) is 12.1 Å². The lowest BCUT2D eigenvalue weighted by molar-refractivity contribution is -0.0704. The third-order valence-electron chi connectivity index (χ3n) is 4.30. The Labute approximate surface area is 135 Å². The molecule has 3 rings (SSSR count). The van der Waals surface area contributed by atoms with Gasteiger partial charge in [-0.25, -0.2) is 4.79 Å². The highest BCUT2D eigenvalue weighted by Gasteiger charge is 2.23. The lowest BCUT2D eigenvalue weighted by atomic mass is 10.0. The first-order valence-corrected chi connectivity index (χ1v) is 8.12. The number of phenolic OH excluding ortho intramolecular Hbond substituents is 1. The van der Waals surface area contributed by atoms with Crippen LogP contribution in [0.1, 0.15) is 31.9 Å². The number of phenols is 1. The van der Waals surface area contributed by atoms with Gasteiger partial charge in [0.1, 0.15) is 11.3 Å². The Morgan fingerprint density at radius 1 is 1.17 bits per heavy atom.